The molecule has 0 spiro atoms. The number of aromatic nitrogens is 5. The number of rotatable bonds is 6. The molecule has 1 N–H and O–H groups in total. The molecule has 4 rings (SSSR count). The van der Waals surface area contributed by atoms with E-state index < -0.39 is 0 Å². The molecule has 0 saturated heterocycles. The topological polar surface area (TPSA) is 85.6 Å². The van der Waals surface area contributed by atoms with E-state index in [-0.39, 0.29) is 16.6 Å². The third-order valence-electron chi connectivity index (χ3n) is 6.07. The van der Waals surface area contributed by atoms with Crippen LogP contribution in [0.1, 0.15) is 71.4 Å². The van der Waals surface area contributed by atoms with Gasteiger partial charge >= 0.3 is 0 Å². The van der Waals surface area contributed by atoms with E-state index in [4.69, 9.17) is 0 Å². The van der Waals surface area contributed by atoms with Gasteiger partial charge in [-0.15, -0.1) is 10.2 Å². The fourth-order valence-corrected chi connectivity index (χ4v) is 5.05. The van der Waals surface area contributed by atoms with E-state index >= 15 is 0 Å². The molecular formula is C25H32N6OS. The van der Waals surface area contributed by atoms with E-state index in [1.807, 2.05) is 6.92 Å². The van der Waals surface area contributed by atoms with Gasteiger partial charge in [0.25, 0.3) is 0 Å². The maximum absolute atomic E-state index is 12.7. The molecule has 1 amide bonds. The lowest BCUT2D eigenvalue weighted by molar-refractivity contribution is -0.115. The molecule has 1 aliphatic rings. The van der Waals surface area contributed by atoms with Gasteiger partial charge in [0, 0.05) is 24.0 Å². The quantitative estimate of drug-likeness (QED) is 0.474. The van der Waals surface area contributed by atoms with E-state index in [0.29, 0.717) is 12.0 Å². The maximum atomic E-state index is 12.7. The fourth-order valence-electron chi connectivity index (χ4n) is 4.13. The summed E-state index contributed by atoms with van der Waals surface area (Å²) in [6.45, 7) is 8.53. The highest BCUT2D eigenvalue weighted by molar-refractivity contribution is 8.00. The fraction of sp³-hybridized carbons (Fsp3) is 0.480. The highest BCUT2D eigenvalue weighted by Gasteiger charge is 2.27. The van der Waals surface area contributed by atoms with Gasteiger partial charge in [-0.1, -0.05) is 76.1 Å². The molecule has 33 heavy (non-hydrogen) atoms. The Morgan fingerprint density at radius 3 is 2.36 bits per heavy atom. The van der Waals surface area contributed by atoms with Gasteiger partial charge in [-0.3, -0.25) is 14.7 Å². The van der Waals surface area contributed by atoms with E-state index in [0.717, 1.165) is 29.4 Å². The zero-order valence-electron chi connectivity index (χ0n) is 19.8. The number of carbonyl (C=O) groups excluding carboxylic acids is 1. The summed E-state index contributed by atoms with van der Waals surface area (Å²) >= 11 is 1.44. The predicted molar refractivity (Wildman–Crippen MR) is 132 cm³/mol. The molecule has 8 heteroatoms. The van der Waals surface area contributed by atoms with E-state index in [2.05, 4.69) is 75.1 Å². The Hall–Kier alpha value is -2.74. The second-order valence-electron chi connectivity index (χ2n) is 9.62. The van der Waals surface area contributed by atoms with Crippen LogP contribution >= 0.6 is 11.8 Å². The van der Waals surface area contributed by atoms with Crippen molar-refractivity contribution in [3.8, 4) is 11.4 Å². The van der Waals surface area contributed by atoms with Crippen LogP contribution in [0, 0.1) is 0 Å². The molecule has 0 radical (unpaired) electrons. The van der Waals surface area contributed by atoms with Crippen LogP contribution in [0.3, 0.4) is 0 Å². The molecule has 2 heterocycles. The second-order valence-corrected chi connectivity index (χ2v) is 10.9. The summed E-state index contributed by atoms with van der Waals surface area (Å²) in [5.74, 6) is 1.03. The van der Waals surface area contributed by atoms with Gasteiger partial charge in [-0.2, -0.15) is 0 Å². The number of nitrogens with zero attached hydrogens (tertiary/aromatic N) is 5. The molecule has 174 valence electrons. The van der Waals surface area contributed by atoms with Crippen LogP contribution in [-0.2, 0) is 10.2 Å². The highest BCUT2D eigenvalue weighted by atomic mass is 32.2. The van der Waals surface area contributed by atoms with Crippen molar-refractivity contribution in [3.63, 3.8) is 0 Å². The SMILES string of the molecule is CC(Sc1nnc(-c2ccc(C(C)(C)C)cc2)n1C1CCCCC1)C(=O)Nc1ncccn1. The molecule has 0 aliphatic heterocycles. The third kappa shape index (κ3) is 5.61. The van der Waals surface area contributed by atoms with Gasteiger partial charge in [0.2, 0.25) is 11.9 Å². The maximum Gasteiger partial charge on any atom is 0.240 e. The van der Waals surface area contributed by atoms with Crippen molar-refractivity contribution in [2.75, 3.05) is 5.32 Å². The minimum absolute atomic E-state index is 0.0991. The lowest BCUT2D eigenvalue weighted by atomic mass is 9.86. The van der Waals surface area contributed by atoms with Crippen molar-refractivity contribution >= 4 is 23.6 Å². The Kier molecular flexibility index (Phi) is 7.12. The highest BCUT2D eigenvalue weighted by Crippen LogP contribution is 2.37. The zero-order chi connectivity index (χ0) is 23.4. The molecule has 3 aromatic rings. The summed E-state index contributed by atoms with van der Waals surface area (Å²) in [6, 6.07) is 10.7. The summed E-state index contributed by atoms with van der Waals surface area (Å²) < 4.78 is 2.26. The third-order valence-corrected chi connectivity index (χ3v) is 7.12. The van der Waals surface area contributed by atoms with Crippen LogP contribution in [-0.4, -0.2) is 35.9 Å². The first kappa shape index (κ1) is 23.4. The van der Waals surface area contributed by atoms with Crippen molar-refractivity contribution in [1.82, 2.24) is 24.7 Å². The van der Waals surface area contributed by atoms with Crippen LogP contribution in [0.5, 0.6) is 0 Å². The van der Waals surface area contributed by atoms with E-state index in [9.17, 15) is 4.79 Å². The Morgan fingerprint density at radius 1 is 1.06 bits per heavy atom. The molecule has 1 aliphatic carbocycles. The summed E-state index contributed by atoms with van der Waals surface area (Å²) in [4.78, 5) is 20.9. The summed E-state index contributed by atoms with van der Waals surface area (Å²) in [5, 5.41) is 12.3. The number of amides is 1. The molecule has 1 atom stereocenters. The summed E-state index contributed by atoms with van der Waals surface area (Å²) in [6.07, 6.45) is 9.11. The van der Waals surface area contributed by atoms with Gasteiger partial charge in [0.05, 0.1) is 5.25 Å². The summed E-state index contributed by atoms with van der Waals surface area (Å²) in [5.41, 5.74) is 2.45. The molecular weight excluding hydrogens is 432 g/mol. The zero-order valence-corrected chi connectivity index (χ0v) is 20.6. The minimum atomic E-state index is -0.364. The number of hydrogen-bond donors (Lipinski definition) is 1. The summed E-state index contributed by atoms with van der Waals surface area (Å²) in [7, 11) is 0. The Balaban J connectivity index is 1.60. The standard InChI is InChI=1S/C25H32N6OS/c1-17(22(32)28-23-26-15-8-16-27-23)33-24-30-29-21(31(24)20-9-6-5-7-10-20)18-11-13-19(14-12-18)25(2,3)4/h8,11-17,20H,5-7,9-10H2,1-4H3,(H,26,27,28,32). The van der Waals surface area contributed by atoms with Crippen molar-refractivity contribution in [3.05, 3.63) is 48.3 Å². The van der Waals surface area contributed by atoms with Gasteiger partial charge in [-0.05, 0) is 36.8 Å². The van der Waals surface area contributed by atoms with E-state index in [1.54, 1.807) is 18.5 Å². The molecule has 1 aromatic carbocycles. The van der Waals surface area contributed by atoms with Gasteiger partial charge < -0.3 is 0 Å². The Labute approximate surface area is 199 Å². The van der Waals surface area contributed by atoms with Crippen LogP contribution < -0.4 is 5.32 Å². The monoisotopic (exact) mass is 464 g/mol. The van der Waals surface area contributed by atoms with Crippen molar-refractivity contribution in [2.24, 2.45) is 0 Å². The smallest absolute Gasteiger partial charge is 0.240 e. The van der Waals surface area contributed by atoms with E-state index in [1.165, 1.54) is 36.6 Å². The van der Waals surface area contributed by atoms with Crippen molar-refractivity contribution < 1.29 is 4.79 Å². The first-order valence-corrected chi connectivity index (χ1v) is 12.5. The number of anilines is 1. The van der Waals surface area contributed by atoms with Gasteiger partial charge in [-0.25, -0.2) is 9.97 Å². The Morgan fingerprint density at radius 2 is 1.73 bits per heavy atom. The number of carbonyl (C=O) groups is 1. The molecule has 1 unspecified atom stereocenters. The van der Waals surface area contributed by atoms with Gasteiger partial charge in [0.15, 0.2) is 11.0 Å². The average molecular weight is 465 g/mol. The molecule has 7 nitrogen and oxygen atoms in total. The number of benzene rings is 1. The number of hydrogen-bond acceptors (Lipinski definition) is 6. The number of nitrogens with one attached hydrogen (secondary N) is 1. The largest absolute Gasteiger partial charge is 0.299 e. The lowest BCUT2D eigenvalue weighted by Gasteiger charge is -2.26. The number of thioether (sulfide) groups is 1. The van der Waals surface area contributed by atoms with Crippen LogP contribution in [0.15, 0.2) is 47.9 Å². The normalized spacial score (nSPS) is 15.9. The predicted octanol–water partition coefficient (Wildman–Crippen LogP) is 5.66. The van der Waals surface area contributed by atoms with Crippen LogP contribution in [0.4, 0.5) is 5.95 Å². The van der Waals surface area contributed by atoms with Gasteiger partial charge in [0.1, 0.15) is 0 Å². The molecule has 2 aromatic heterocycles. The lowest BCUT2D eigenvalue weighted by Crippen LogP contribution is -2.24. The van der Waals surface area contributed by atoms with Crippen molar-refractivity contribution in [1.29, 1.82) is 0 Å². The minimum Gasteiger partial charge on any atom is -0.299 e. The first-order valence-electron chi connectivity index (χ1n) is 11.6. The molecule has 0 bridgehead atoms. The van der Waals surface area contributed by atoms with Crippen molar-refractivity contribution in [2.45, 2.75) is 81.7 Å². The first-order chi connectivity index (χ1) is 15.8. The second kappa shape index (κ2) is 10.0. The Bertz CT molecular complexity index is 1070. The average Bonchev–Trinajstić information content (AvgIpc) is 3.23. The van der Waals surface area contributed by atoms with Crippen LogP contribution in [0.2, 0.25) is 0 Å². The molecule has 1 saturated carbocycles. The van der Waals surface area contributed by atoms with Crippen LogP contribution in [0.25, 0.3) is 11.4 Å². The molecule has 1 fully saturated rings.